The summed E-state index contributed by atoms with van der Waals surface area (Å²) in [6.45, 7) is 0.406. The van der Waals surface area contributed by atoms with Crippen molar-refractivity contribution >= 4 is 28.6 Å². The Labute approximate surface area is 162 Å². The van der Waals surface area contributed by atoms with Crippen LogP contribution in [0, 0.1) is 15.9 Å². The quantitative estimate of drug-likeness (QED) is 0.212. The molecule has 0 atom stereocenters. The third-order valence-electron chi connectivity index (χ3n) is 4.01. The van der Waals surface area contributed by atoms with E-state index in [0.29, 0.717) is 28.5 Å². The molecule has 4 aromatic rings. The number of nitro groups is 1. The fraction of sp³-hybridized carbons (Fsp3) is 0.111. The van der Waals surface area contributed by atoms with E-state index in [1.165, 1.54) is 42.4 Å². The summed E-state index contributed by atoms with van der Waals surface area (Å²) in [5, 5.41) is 19.9. The average Bonchev–Trinajstić information content (AvgIpc) is 3.12. The SMILES string of the molecule is O=[N+]([O-])c1cccc(CSc2ncnc3c2nnn3Cc2ccc(F)cc2)c1. The molecule has 4 rings (SSSR count). The largest absolute Gasteiger partial charge is 0.269 e. The molecule has 0 saturated carbocycles. The molecule has 0 spiro atoms. The second kappa shape index (κ2) is 7.69. The molecule has 0 aliphatic carbocycles. The van der Waals surface area contributed by atoms with E-state index in [1.807, 2.05) is 6.07 Å². The number of benzene rings is 2. The molecule has 10 heteroatoms. The van der Waals surface area contributed by atoms with Crippen LogP contribution in [0.2, 0.25) is 0 Å². The van der Waals surface area contributed by atoms with Gasteiger partial charge in [-0.1, -0.05) is 41.2 Å². The molecule has 0 aliphatic heterocycles. The van der Waals surface area contributed by atoms with Crippen LogP contribution in [0.25, 0.3) is 11.2 Å². The number of hydrogen-bond donors (Lipinski definition) is 0. The average molecular weight is 396 g/mol. The second-order valence-corrected chi connectivity index (χ2v) is 6.90. The van der Waals surface area contributed by atoms with E-state index >= 15 is 0 Å². The van der Waals surface area contributed by atoms with Gasteiger partial charge < -0.3 is 0 Å². The van der Waals surface area contributed by atoms with Gasteiger partial charge in [-0.05, 0) is 23.3 Å². The van der Waals surface area contributed by atoms with E-state index in [-0.39, 0.29) is 11.5 Å². The van der Waals surface area contributed by atoms with E-state index in [2.05, 4.69) is 20.3 Å². The minimum atomic E-state index is -0.419. The number of non-ortho nitro benzene ring substituents is 1. The van der Waals surface area contributed by atoms with Gasteiger partial charge in [0.1, 0.15) is 17.2 Å². The normalized spacial score (nSPS) is 11.0. The molecule has 28 heavy (non-hydrogen) atoms. The fourth-order valence-electron chi connectivity index (χ4n) is 2.66. The summed E-state index contributed by atoms with van der Waals surface area (Å²) in [6.07, 6.45) is 1.43. The van der Waals surface area contributed by atoms with Crippen LogP contribution in [-0.4, -0.2) is 29.9 Å². The van der Waals surface area contributed by atoms with Crippen LogP contribution in [0.15, 0.2) is 59.9 Å². The Morgan fingerprint density at radius 3 is 2.71 bits per heavy atom. The minimum Gasteiger partial charge on any atom is -0.258 e. The highest BCUT2D eigenvalue weighted by atomic mass is 32.2. The Kier molecular flexibility index (Phi) is 4.94. The Bertz CT molecular complexity index is 1150. The van der Waals surface area contributed by atoms with Crippen molar-refractivity contribution in [2.45, 2.75) is 17.3 Å². The van der Waals surface area contributed by atoms with Crippen molar-refractivity contribution in [3.05, 3.63) is 81.9 Å². The van der Waals surface area contributed by atoms with Gasteiger partial charge in [-0.25, -0.2) is 19.0 Å². The predicted octanol–water partition coefficient (Wildman–Crippen LogP) is 3.61. The lowest BCUT2D eigenvalue weighted by molar-refractivity contribution is -0.384. The summed E-state index contributed by atoms with van der Waals surface area (Å²) in [5.74, 6) is 0.202. The smallest absolute Gasteiger partial charge is 0.258 e. The Hall–Kier alpha value is -3.40. The van der Waals surface area contributed by atoms with Crippen LogP contribution < -0.4 is 0 Å². The standard InChI is InChI=1S/C18H13FN6O2S/c19-14-6-4-12(5-7-14)9-24-17-16(22-23-24)18(21-11-20-17)28-10-13-2-1-3-15(8-13)25(26)27/h1-8,11H,9-10H2. The summed E-state index contributed by atoms with van der Waals surface area (Å²) in [7, 11) is 0. The van der Waals surface area contributed by atoms with Gasteiger partial charge in [-0.2, -0.15) is 0 Å². The highest BCUT2D eigenvalue weighted by Gasteiger charge is 2.13. The number of halogens is 1. The maximum Gasteiger partial charge on any atom is 0.269 e. The van der Waals surface area contributed by atoms with Crippen molar-refractivity contribution in [2.75, 3.05) is 0 Å². The molecule has 8 nitrogen and oxygen atoms in total. The first kappa shape index (κ1) is 18.0. The molecule has 0 saturated heterocycles. The van der Waals surface area contributed by atoms with E-state index in [9.17, 15) is 14.5 Å². The van der Waals surface area contributed by atoms with Gasteiger partial charge in [0.25, 0.3) is 5.69 Å². The zero-order valence-corrected chi connectivity index (χ0v) is 15.2. The fourth-order valence-corrected chi connectivity index (χ4v) is 3.53. The van der Waals surface area contributed by atoms with Crippen LogP contribution in [0.3, 0.4) is 0 Å². The van der Waals surface area contributed by atoms with Gasteiger partial charge in [-0.15, -0.1) is 5.10 Å². The monoisotopic (exact) mass is 396 g/mol. The van der Waals surface area contributed by atoms with Crippen molar-refractivity contribution in [2.24, 2.45) is 0 Å². The molecular weight excluding hydrogens is 383 g/mol. The van der Waals surface area contributed by atoms with Gasteiger partial charge in [0.05, 0.1) is 11.5 Å². The van der Waals surface area contributed by atoms with Crippen molar-refractivity contribution in [3.8, 4) is 0 Å². The van der Waals surface area contributed by atoms with Crippen molar-refractivity contribution < 1.29 is 9.31 Å². The molecule has 0 unspecified atom stereocenters. The lowest BCUT2D eigenvalue weighted by Gasteiger charge is -2.04. The minimum absolute atomic E-state index is 0.0520. The highest BCUT2D eigenvalue weighted by Crippen LogP contribution is 2.27. The number of thioether (sulfide) groups is 1. The first-order valence-electron chi connectivity index (χ1n) is 8.25. The van der Waals surface area contributed by atoms with Gasteiger partial charge in [0.15, 0.2) is 11.2 Å². The number of nitro benzene ring substituents is 1. The maximum absolute atomic E-state index is 13.1. The molecule has 0 amide bonds. The predicted molar refractivity (Wildman–Crippen MR) is 101 cm³/mol. The lowest BCUT2D eigenvalue weighted by Crippen LogP contribution is -2.03. The summed E-state index contributed by atoms with van der Waals surface area (Å²) >= 11 is 1.41. The molecule has 0 fully saturated rings. The molecular formula is C18H13FN6O2S. The molecule has 0 radical (unpaired) electrons. The number of aromatic nitrogens is 5. The topological polar surface area (TPSA) is 99.6 Å². The second-order valence-electron chi connectivity index (χ2n) is 5.94. The van der Waals surface area contributed by atoms with E-state index in [4.69, 9.17) is 0 Å². The molecule has 2 heterocycles. The van der Waals surface area contributed by atoms with Crippen LogP contribution >= 0.6 is 11.8 Å². The third-order valence-corrected chi connectivity index (χ3v) is 5.06. The zero-order valence-electron chi connectivity index (χ0n) is 14.4. The molecule has 2 aromatic heterocycles. The maximum atomic E-state index is 13.1. The Balaban J connectivity index is 1.55. The molecule has 0 aliphatic rings. The number of hydrogen-bond acceptors (Lipinski definition) is 7. The van der Waals surface area contributed by atoms with E-state index < -0.39 is 4.92 Å². The van der Waals surface area contributed by atoms with Crippen LogP contribution in [0.4, 0.5) is 10.1 Å². The van der Waals surface area contributed by atoms with Gasteiger partial charge >= 0.3 is 0 Å². The molecule has 140 valence electrons. The van der Waals surface area contributed by atoms with Crippen molar-refractivity contribution in [1.82, 2.24) is 25.0 Å². The van der Waals surface area contributed by atoms with Gasteiger partial charge in [0.2, 0.25) is 0 Å². The summed E-state index contributed by atoms with van der Waals surface area (Å²) in [5.41, 5.74) is 2.86. The summed E-state index contributed by atoms with van der Waals surface area (Å²) in [4.78, 5) is 19.0. The van der Waals surface area contributed by atoms with Gasteiger partial charge in [-0.3, -0.25) is 10.1 Å². The molecule has 0 bridgehead atoms. The van der Waals surface area contributed by atoms with Crippen molar-refractivity contribution in [1.29, 1.82) is 0 Å². The van der Waals surface area contributed by atoms with Crippen molar-refractivity contribution in [3.63, 3.8) is 0 Å². The van der Waals surface area contributed by atoms with Crippen LogP contribution in [-0.2, 0) is 12.3 Å². The zero-order chi connectivity index (χ0) is 19.5. The van der Waals surface area contributed by atoms with E-state index in [0.717, 1.165) is 11.1 Å². The first-order chi connectivity index (χ1) is 13.6. The first-order valence-corrected chi connectivity index (χ1v) is 9.23. The summed E-state index contributed by atoms with van der Waals surface area (Å²) in [6, 6.07) is 12.6. The Morgan fingerprint density at radius 2 is 1.93 bits per heavy atom. The van der Waals surface area contributed by atoms with Gasteiger partial charge in [0, 0.05) is 17.9 Å². The van der Waals surface area contributed by atoms with Crippen LogP contribution in [0.5, 0.6) is 0 Å². The number of nitrogens with zero attached hydrogens (tertiary/aromatic N) is 6. The van der Waals surface area contributed by atoms with Crippen LogP contribution in [0.1, 0.15) is 11.1 Å². The molecule has 2 aromatic carbocycles. The third kappa shape index (κ3) is 3.81. The number of rotatable bonds is 6. The Morgan fingerprint density at radius 1 is 1.11 bits per heavy atom. The summed E-state index contributed by atoms with van der Waals surface area (Å²) < 4.78 is 14.7. The van der Waals surface area contributed by atoms with E-state index in [1.54, 1.807) is 22.9 Å². The lowest BCUT2D eigenvalue weighted by atomic mass is 10.2. The highest BCUT2D eigenvalue weighted by molar-refractivity contribution is 7.98. The number of fused-ring (bicyclic) bond motifs is 1. The molecule has 0 N–H and O–H groups in total.